The third-order valence-corrected chi connectivity index (χ3v) is 2.35. The minimum atomic E-state index is -1.05. The van der Waals surface area contributed by atoms with Gasteiger partial charge in [-0.25, -0.2) is 0 Å². The number of carboxylic acids is 1. The van der Waals surface area contributed by atoms with Gasteiger partial charge in [-0.15, -0.1) is 0 Å². The van der Waals surface area contributed by atoms with Gasteiger partial charge in [0.15, 0.2) is 0 Å². The summed E-state index contributed by atoms with van der Waals surface area (Å²) in [6, 6.07) is 6.27. The van der Waals surface area contributed by atoms with Gasteiger partial charge >= 0.3 is 5.97 Å². The predicted octanol–water partition coefficient (Wildman–Crippen LogP) is 1.22. The van der Waals surface area contributed by atoms with Gasteiger partial charge in [-0.1, -0.05) is 12.1 Å². The Morgan fingerprint density at radius 1 is 1.33 bits per heavy atom. The van der Waals surface area contributed by atoms with E-state index in [9.17, 15) is 9.59 Å². The molecule has 1 unspecified atom stereocenters. The fourth-order valence-corrected chi connectivity index (χ4v) is 1.41. The number of hydrogen-bond acceptors (Lipinski definition) is 3. The smallest absolute Gasteiger partial charge is 0.325 e. The molecule has 0 aliphatic heterocycles. The van der Waals surface area contributed by atoms with Crippen LogP contribution in [0.5, 0.6) is 5.75 Å². The van der Waals surface area contributed by atoms with Crippen LogP contribution in [0.15, 0.2) is 24.3 Å². The summed E-state index contributed by atoms with van der Waals surface area (Å²) in [5.41, 5.74) is 0.813. The molecule has 0 saturated heterocycles. The molecule has 5 nitrogen and oxygen atoms in total. The third kappa shape index (κ3) is 4.45. The predicted molar refractivity (Wildman–Crippen MR) is 66.6 cm³/mol. The Morgan fingerprint density at radius 2 is 1.94 bits per heavy atom. The highest BCUT2D eigenvalue weighted by molar-refractivity contribution is 5.84. The van der Waals surface area contributed by atoms with Crippen LogP contribution in [0.3, 0.4) is 0 Å². The molecule has 1 amide bonds. The lowest BCUT2D eigenvalue weighted by molar-refractivity contribution is -0.141. The van der Waals surface area contributed by atoms with Gasteiger partial charge in [-0.3, -0.25) is 9.59 Å². The zero-order chi connectivity index (χ0) is 13.5. The maximum atomic E-state index is 11.5. The quantitative estimate of drug-likeness (QED) is 0.797. The normalized spacial score (nSPS) is 11.7. The third-order valence-electron chi connectivity index (χ3n) is 2.35. The molecule has 1 aromatic carbocycles. The molecule has 0 radical (unpaired) electrons. The number of aliphatic carboxylic acids is 1. The summed E-state index contributed by atoms with van der Waals surface area (Å²) in [6.45, 7) is 3.92. The van der Waals surface area contributed by atoms with Crippen LogP contribution in [0.25, 0.3) is 0 Å². The Labute approximate surface area is 106 Å². The summed E-state index contributed by atoms with van der Waals surface area (Å²) in [6.07, 6.45) is 0.157. The molecule has 0 aliphatic rings. The van der Waals surface area contributed by atoms with Crippen molar-refractivity contribution in [2.45, 2.75) is 26.3 Å². The Balaban J connectivity index is 2.51. The van der Waals surface area contributed by atoms with E-state index in [1.165, 1.54) is 6.92 Å². The minimum absolute atomic E-state index is 0.157. The lowest BCUT2D eigenvalue weighted by Gasteiger charge is -2.09. The fraction of sp³-hybridized carbons (Fsp3) is 0.385. The number of amides is 1. The summed E-state index contributed by atoms with van der Waals surface area (Å²) in [4.78, 5) is 22.1. The molecule has 98 valence electrons. The van der Waals surface area contributed by atoms with Crippen molar-refractivity contribution >= 4 is 11.9 Å². The number of benzene rings is 1. The van der Waals surface area contributed by atoms with Crippen molar-refractivity contribution in [3.8, 4) is 5.75 Å². The van der Waals surface area contributed by atoms with E-state index in [2.05, 4.69) is 5.32 Å². The number of nitrogens with one attached hydrogen (secondary N) is 1. The highest BCUT2D eigenvalue weighted by Gasteiger charge is 2.13. The average molecular weight is 251 g/mol. The molecule has 0 fully saturated rings. The number of carboxylic acid groups (broad SMARTS) is 1. The molecule has 2 N–H and O–H groups in total. The molecular formula is C13H17NO4. The number of ether oxygens (including phenoxy) is 1. The molecule has 0 bridgehead atoms. The molecule has 5 heteroatoms. The van der Waals surface area contributed by atoms with Crippen molar-refractivity contribution in [1.29, 1.82) is 0 Å². The Hall–Kier alpha value is -2.04. The van der Waals surface area contributed by atoms with Gasteiger partial charge < -0.3 is 15.2 Å². The van der Waals surface area contributed by atoms with E-state index < -0.39 is 12.0 Å². The van der Waals surface area contributed by atoms with Gasteiger partial charge in [-0.2, -0.15) is 0 Å². The second-order valence-electron chi connectivity index (χ2n) is 3.88. The molecule has 0 spiro atoms. The standard InChI is InChI=1S/C13H17NO4/c1-3-18-11-6-4-10(5-7-11)8-12(15)14-9(2)13(16)17/h4-7,9H,3,8H2,1-2H3,(H,14,15)(H,16,17). The average Bonchev–Trinajstić information content (AvgIpc) is 2.31. The zero-order valence-corrected chi connectivity index (χ0v) is 10.5. The molecule has 1 atom stereocenters. The first kappa shape index (κ1) is 14.0. The Kier molecular flexibility index (Phi) is 5.17. The number of rotatable bonds is 6. The highest BCUT2D eigenvalue weighted by Crippen LogP contribution is 2.12. The lowest BCUT2D eigenvalue weighted by Crippen LogP contribution is -2.39. The maximum Gasteiger partial charge on any atom is 0.325 e. The topological polar surface area (TPSA) is 75.6 Å². The second kappa shape index (κ2) is 6.64. The molecule has 0 aliphatic carbocycles. The van der Waals surface area contributed by atoms with E-state index >= 15 is 0 Å². The van der Waals surface area contributed by atoms with Gasteiger partial charge in [0.2, 0.25) is 5.91 Å². The first-order valence-electron chi connectivity index (χ1n) is 5.76. The van der Waals surface area contributed by atoms with Crippen molar-refractivity contribution < 1.29 is 19.4 Å². The van der Waals surface area contributed by atoms with E-state index in [1.54, 1.807) is 24.3 Å². The maximum absolute atomic E-state index is 11.5. The summed E-state index contributed by atoms with van der Waals surface area (Å²) in [5, 5.41) is 11.1. The van der Waals surface area contributed by atoms with Crippen molar-refractivity contribution in [3.05, 3.63) is 29.8 Å². The van der Waals surface area contributed by atoms with Crippen LogP contribution in [-0.4, -0.2) is 29.6 Å². The van der Waals surface area contributed by atoms with Crippen molar-refractivity contribution in [2.75, 3.05) is 6.61 Å². The Morgan fingerprint density at radius 3 is 2.44 bits per heavy atom. The van der Waals surface area contributed by atoms with Crippen molar-refractivity contribution in [1.82, 2.24) is 5.32 Å². The number of hydrogen-bond donors (Lipinski definition) is 2. The first-order chi connectivity index (χ1) is 8.52. The molecule has 1 rings (SSSR count). The number of carbonyl (C=O) groups excluding carboxylic acids is 1. The van der Waals surface area contributed by atoms with E-state index in [0.29, 0.717) is 6.61 Å². The second-order valence-corrected chi connectivity index (χ2v) is 3.88. The van der Waals surface area contributed by atoms with Crippen molar-refractivity contribution in [3.63, 3.8) is 0 Å². The van der Waals surface area contributed by atoms with E-state index in [-0.39, 0.29) is 12.3 Å². The SMILES string of the molecule is CCOc1ccc(CC(=O)NC(C)C(=O)O)cc1. The van der Waals surface area contributed by atoms with Crippen LogP contribution in [0.4, 0.5) is 0 Å². The van der Waals surface area contributed by atoms with Crippen LogP contribution in [-0.2, 0) is 16.0 Å². The minimum Gasteiger partial charge on any atom is -0.494 e. The van der Waals surface area contributed by atoms with Gasteiger partial charge in [0.05, 0.1) is 13.0 Å². The van der Waals surface area contributed by atoms with Crippen LogP contribution < -0.4 is 10.1 Å². The largest absolute Gasteiger partial charge is 0.494 e. The van der Waals surface area contributed by atoms with Gasteiger partial charge in [0.1, 0.15) is 11.8 Å². The monoisotopic (exact) mass is 251 g/mol. The lowest BCUT2D eigenvalue weighted by atomic mass is 10.1. The molecule has 0 saturated carbocycles. The molecule has 1 aromatic rings. The van der Waals surface area contributed by atoms with Crippen LogP contribution >= 0.6 is 0 Å². The summed E-state index contributed by atoms with van der Waals surface area (Å²) in [7, 11) is 0. The van der Waals surface area contributed by atoms with Gasteiger partial charge in [0.25, 0.3) is 0 Å². The zero-order valence-electron chi connectivity index (χ0n) is 10.5. The highest BCUT2D eigenvalue weighted by atomic mass is 16.5. The van der Waals surface area contributed by atoms with Crippen molar-refractivity contribution in [2.24, 2.45) is 0 Å². The van der Waals surface area contributed by atoms with E-state index in [4.69, 9.17) is 9.84 Å². The van der Waals surface area contributed by atoms with Crippen LogP contribution in [0.1, 0.15) is 19.4 Å². The van der Waals surface area contributed by atoms with E-state index in [0.717, 1.165) is 11.3 Å². The molecule has 0 heterocycles. The van der Waals surface area contributed by atoms with Gasteiger partial charge in [-0.05, 0) is 31.5 Å². The summed E-state index contributed by atoms with van der Waals surface area (Å²) in [5.74, 6) is -0.607. The van der Waals surface area contributed by atoms with Crippen LogP contribution in [0, 0.1) is 0 Å². The first-order valence-corrected chi connectivity index (χ1v) is 5.76. The molecule has 18 heavy (non-hydrogen) atoms. The molecular weight excluding hydrogens is 234 g/mol. The van der Waals surface area contributed by atoms with Gasteiger partial charge in [0, 0.05) is 0 Å². The van der Waals surface area contributed by atoms with Crippen LogP contribution in [0.2, 0.25) is 0 Å². The summed E-state index contributed by atoms with van der Waals surface area (Å²) < 4.78 is 5.28. The fourth-order valence-electron chi connectivity index (χ4n) is 1.41. The Bertz CT molecular complexity index is 414. The summed E-state index contributed by atoms with van der Waals surface area (Å²) >= 11 is 0. The number of carbonyl (C=O) groups is 2. The molecule has 0 aromatic heterocycles. The van der Waals surface area contributed by atoms with E-state index in [1.807, 2.05) is 6.92 Å².